The zero-order chi connectivity index (χ0) is 19.8. The normalized spacial score (nSPS) is 11.5. The molecule has 0 atom stereocenters. The van der Waals surface area contributed by atoms with Gasteiger partial charge in [-0.1, -0.05) is 28.1 Å². The molecule has 3 aromatic rings. The van der Waals surface area contributed by atoms with E-state index in [2.05, 4.69) is 26.3 Å². The van der Waals surface area contributed by atoms with Crippen LogP contribution in [0.15, 0.2) is 53.0 Å². The number of carbonyl (C=O) groups excluding carboxylic acids is 1. The second-order valence-electron chi connectivity index (χ2n) is 5.98. The monoisotopic (exact) mass is 437 g/mol. The van der Waals surface area contributed by atoms with Gasteiger partial charge in [0, 0.05) is 28.2 Å². The maximum absolute atomic E-state index is 12.6. The Balaban J connectivity index is 1.85. The van der Waals surface area contributed by atoms with Crippen LogP contribution in [0.2, 0.25) is 0 Å². The van der Waals surface area contributed by atoms with Crippen LogP contribution in [0.5, 0.6) is 0 Å². The highest BCUT2D eigenvalue weighted by Crippen LogP contribution is 2.30. The summed E-state index contributed by atoms with van der Waals surface area (Å²) in [4.78, 5) is 12.4. The van der Waals surface area contributed by atoms with E-state index in [0.717, 1.165) is 45.6 Å². The smallest absolute Gasteiger partial charge is 0.305 e. The van der Waals surface area contributed by atoms with Gasteiger partial charge in [0.15, 0.2) is 5.82 Å². The molecule has 27 heavy (non-hydrogen) atoms. The van der Waals surface area contributed by atoms with Gasteiger partial charge in [-0.15, -0.1) is 0 Å². The number of anilines is 1. The van der Waals surface area contributed by atoms with E-state index in [1.807, 2.05) is 31.2 Å². The summed E-state index contributed by atoms with van der Waals surface area (Å²) in [5.41, 5.74) is 1.86. The number of amides is 1. The molecule has 0 radical (unpaired) electrons. The molecule has 1 aromatic heterocycles. The predicted octanol–water partition coefficient (Wildman–Crippen LogP) is 5.43. The molecule has 1 amide bonds. The first-order chi connectivity index (χ1) is 12.7. The van der Waals surface area contributed by atoms with Crippen molar-refractivity contribution in [3.05, 3.63) is 69.7 Å². The van der Waals surface area contributed by atoms with Gasteiger partial charge in [-0.05, 0) is 43.3 Å². The van der Waals surface area contributed by atoms with E-state index in [4.69, 9.17) is 0 Å². The van der Waals surface area contributed by atoms with Gasteiger partial charge in [0.25, 0.3) is 5.91 Å². The van der Waals surface area contributed by atoms with Crippen LogP contribution >= 0.6 is 15.9 Å². The molecule has 0 unspecified atom stereocenters. The van der Waals surface area contributed by atoms with Crippen molar-refractivity contribution in [2.24, 2.45) is 7.05 Å². The highest BCUT2D eigenvalue weighted by atomic mass is 79.9. The molecule has 4 nitrogen and oxygen atoms in total. The Morgan fingerprint density at radius 2 is 1.67 bits per heavy atom. The van der Waals surface area contributed by atoms with Crippen LogP contribution in [0.25, 0.3) is 11.3 Å². The van der Waals surface area contributed by atoms with E-state index in [0.29, 0.717) is 5.82 Å². The minimum Gasteiger partial charge on any atom is -0.305 e. The molecule has 1 heterocycles. The average Bonchev–Trinajstić information content (AvgIpc) is 2.89. The Morgan fingerprint density at radius 3 is 2.22 bits per heavy atom. The van der Waals surface area contributed by atoms with Crippen LogP contribution in [-0.4, -0.2) is 15.7 Å². The number of hydrogen-bond donors (Lipinski definition) is 1. The SMILES string of the molecule is Cc1c(NC(=O)c2ccc(C(F)(F)F)cc2)nn(C)c1-c1ccc(Br)cc1. The second kappa shape index (κ2) is 7.19. The van der Waals surface area contributed by atoms with E-state index in [1.54, 1.807) is 11.7 Å². The molecule has 0 spiro atoms. The number of aryl methyl sites for hydroxylation is 1. The first-order valence-corrected chi connectivity index (χ1v) is 8.74. The fraction of sp³-hybridized carbons (Fsp3) is 0.158. The van der Waals surface area contributed by atoms with E-state index >= 15 is 0 Å². The summed E-state index contributed by atoms with van der Waals surface area (Å²) >= 11 is 3.39. The standard InChI is InChI=1S/C19H15BrF3N3O/c1-11-16(12-5-9-15(20)10-6-12)26(2)25-17(11)24-18(27)13-3-7-14(8-4-13)19(21,22)23/h3-10H,1-2H3,(H,24,25,27). The summed E-state index contributed by atoms with van der Waals surface area (Å²) in [6.45, 7) is 1.83. The maximum Gasteiger partial charge on any atom is 0.416 e. The molecule has 0 bridgehead atoms. The van der Waals surface area contributed by atoms with E-state index < -0.39 is 17.6 Å². The summed E-state index contributed by atoms with van der Waals surface area (Å²) in [6.07, 6.45) is -4.44. The van der Waals surface area contributed by atoms with E-state index in [9.17, 15) is 18.0 Å². The van der Waals surface area contributed by atoms with Crippen LogP contribution in [0.4, 0.5) is 19.0 Å². The minimum absolute atomic E-state index is 0.123. The first-order valence-electron chi connectivity index (χ1n) is 7.95. The van der Waals surface area contributed by atoms with E-state index in [1.165, 1.54) is 0 Å². The minimum atomic E-state index is -4.44. The molecule has 0 aliphatic rings. The lowest BCUT2D eigenvalue weighted by Crippen LogP contribution is -2.14. The Kier molecular flexibility index (Phi) is 5.10. The number of rotatable bonds is 3. The third-order valence-electron chi connectivity index (χ3n) is 4.11. The number of hydrogen-bond acceptors (Lipinski definition) is 2. The maximum atomic E-state index is 12.6. The van der Waals surface area contributed by atoms with Gasteiger partial charge in [-0.3, -0.25) is 9.48 Å². The molecule has 0 aliphatic carbocycles. The summed E-state index contributed by atoms with van der Waals surface area (Å²) < 4.78 is 40.5. The molecule has 0 aliphatic heterocycles. The molecule has 1 N–H and O–H groups in total. The molecular formula is C19H15BrF3N3O. The lowest BCUT2D eigenvalue weighted by molar-refractivity contribution is -0.137. The summed E-state index contributed by atoms with van der Waals surface area (Å²) in [5.74, 6) is -0.160. The van der Waals surface area contributed by atoms with E-state index in [-0.39, 0.29) is 5.56 Å². The van der Waals surface area contributed by atoms with Gasteiger partial charge in [0.2, 0.25) is 0 Å². The Labute approximate surface area is 162 Å². The lowest BCUT2D eigenvalue weighted by atomic mass is 10.1. The summed E-state index contributed by atoms with van der Waals surface area (Å²) in [6, 6.07) is 11.7. The third-order valence-corrected chi connectivity index (χ3v) is 4.64. The Hall–Kier alpha value is -2.61. The molecule has 0 saturated carbocycles. The fourth-order valence-corrected chi connectivity index (χ4v) is 3.01. The number of nitrogens with zero attached hydrogens (tertiary/aromatic N) is 2. The Morgan fingerprint density at radius 1 is 1.07 bits per heavy atom. The molecular weight excluding hydrogens is 423 g/mol. The predicted molar refractivity (Wildman–Crippen MR) is 100 cm³/mol. The highest BCUT2D eigenvalue weighted by Gasteiger charge is 2.30. The molecule has 8 heteroatoms. The van der Waals surface area contributed by atoms with Gasteiger partial charge < -0.3 is 5.32 Å². The number of benzene rings is 2. The van der Waals surface area contributed by atoms with Gasteiger partial charge in [-0.2, -0.15) is 18.3 Å². The largest absolute Gasteiger partial charge is 0.416 e. The van der Waals surface area contributed by atoms with Crippen molar-refractivity contribution in [3.8, 4) is 11.3 Å². The topological polar surface area (TPSA) is 46.9 Å². The number of nitrogens with one attached hydrogen (secondary N) is 1. The number of halogens is 4. The number of alkyl halides is 3. The zero-order valence-electron chi connectivity index (χ0n) is 14.4. The van der Waals surface area contributed by atoms with Gasteiger partial charge >= 0.3 is 6.18 Å². The van der Waals surface area contributed by atoms with Crippen LogP contribution in [0, 0.1) is 6.92 Å². The first kappa shape index (κ1) is 19.2. The van der Waals surface area contributed by atoms with Crippen molar-refractivity contribution in [1.29, 1.82) is 0 Å². The molecule has 0 fully saturated rings. The van der Waals surface area contributed by atoms with Crippen LogP contribution in [0.3, 0.4) is 0 Å². The lowest BCUT2D eigenvalue weighted by Gasteiger charge is -2.08. The van der Waals surface area contributed by atoms with Crippen molar-refractivity contribution < 1.29 is 18.0 Å². The van der Waals surface area contributed by atoms with Crippen LogP contribution in [-0.2, 0) is 13.2 Å². The van der Waals surface area contributed by atoms with Crippen molar-refractivity contribution in [1.82, 2.24) is 9.78 Å². The third kappa shape index (κ3) is 4.05. The van der Waals surface area contributed by atoms with Crippen molar-refractivity contribution in [2.75, 3.05) is 5.32 Å². The Bertz CT molecular complexity index is 977. The summed E-state index contributed by atoms with van der Waals surface area (Å²) in [5, 5.41) is 6.99. The number of carbonyl (C=O) groups is 1. The quantitative estimate of drug-likeness (QED) is 0.593. The molecule has 0 saturated heterocycles. The van der Waals surface area contributed by atoms with Crippen molar-refractivity contribution in [3.63, 3.8) is 0 Å². The zero-order valence-corrected chi connectivity index (χ0v) is 16.0. The molecule has 2 aromatic carbocycles. The fourth-order valence-electron chi connectivity index (χ4n) is 2.75. The van der Waals surface area contributed by atoms with Crippen molar-refractivity contribution >= 4 is 27.7 Å². The number of aromatic nitrogens is 2. The highest BCUT2D eigenvalue weighted by molar-refractivity contribution is 9.10. The van der Waals surface area contributed by atoms with Crippen LogP contribution < -0.4 is 5.32 Å². The summed E-state index contributed by atoms with van der Waals surface area (Å²) in [7, 11) is 1.76. The van der Waals surface area contributed by atoms with Gasteiger partial charge in [0.05, 0.1) is 11.3 Å². The van der Waals surface area contributed by atoms with Crippen molar-refractivity contribution in [2.45, 2.75) is 13.1 Å². The average molecular weight is 438 g/mol. The molecule has 3 rings (SSSR count). The van der Waals surface area contributed by atoms with Crippen LogP contribution in [0.1, 0.15) is 21.5 Å². The second-order valence-corrected chi connectivity index (χ2v) is 6.90. The van der Waals surface area contributed by atoms with Gasteiger partial charge in [0.1, 0.15) is 0 Å². The molecule has 140 valence electrons. The van der Waals surface area contributed by atoms with Gasteiger partial charge in [-0.25, -0.2) is 0 Å².